The molecule has 2 amide bonds. The number of nitrogens with one attached hydrogen (secondary N) is 3. The first-order chi connectivity index (χ1) is 18.7. The molecule has 4 heterocycles. The summed E-state index contributed by atoms with van der Waals surface area (Å²) < 4.78 is 5.28. The van der Waals surface area contributed by atoms with Crippen molar-refractivity contribution in [1.29, 1.82) is 0 Å². The van der Waals surface area contributed by atoms with Gasteiger partial charge < -0.3 is 25.3 Å². The van der Waals surface area contributed by atoms with E-state index in [9.17, 15) is 14.4 Å². The van der Waals surface area contributed by atoms with E-state index in [4.69, 9.17) is 16.3 Å². The summed E-state index contributed by atoms with van der Waals surface area (Å²) in [6, 6.07) is 6.98. The van der Waals surface area contributed by atoms with Gasteiger partial charge in [0, 0.05) is 44.9 Å². The molecule has 0 saturated heterocycles. The Kier molecular flexibility index (Phi) is 12.9. The van der Waals surface area contributed by atoms with E-state index in [-0.39, 0.29) is 30.0 Å². The summed E-state index contributed by atoms with van der Waals surface area (Å²) in [7, 11) is 0. The van der Waals surface area contributed by atoms with Gasteiger partial charge in [0.15, 0.2) is 18.2 Å². The molecule has 1 unspecified atom stereocenters. The Balaban J connectivity index is 0.000000284. The minimum absolute atomic E-state index is 0.0294. The van der Waals surface area contributed by atoms with E-state index in [1.165, 1.54) is 6.07 Å². The predicted octanol–water partition coefficient (Wildman–Crippen LogP) is 4.31. The molecule has 1 aliphatic rings. The Hall–Kier alpha value is -3.50. The van der Waals surface area contributed by atoms with E-state index >= 15 is 0 Å². The summed E-state index contributed by atoms with van der Waals surface area (Å²) in [6.45, 7) is 13.7. The molecule has 1 aliphatic heterocycles. The Labute approximate surface area is 234 Å². The van der Waals surface area contributed by atoms with Crippen LogP contribution >= 0.6 is 11.6 Å². The van der Waals surface area contributed by atoms with Crippen molar-refractivity contribution in [1.82, 2.24) is 25.2 Å². The van der Waals surface area contributed by atoms with Crippen LogP contribution in [0, 0.1) is 0 Å². The van der Waals surface area contributed by atoms with Gasteiger partial charge in [0.2, 0.25) is 11.5 Å². The number of ether oxygens (including phenoxy) is 1. The van der Waals surface area contributed by atoms with Crippen LogP contribution in [-0.4, -0.2) is 57.4 Å². The number of carbonyl (C=O) groups excluding carboxylic acids is 2. The zero-order chi connectivity index (χ0) is 28.9. The monoisotopic (exact) mass is 558 g/mol. The number of hydrogen-bond acceptors (Lipinski definition) is 7. The van der Waals surface area contributed by atoms with Crippen molar-refractivity contribution in [3.05, 3.63) is 57.1 Å². The molecule has 0 radical (unpaired) electrons. The van der Waals surface area contributed by atoms with Crippen LogP contribution in [0.5, 0.6) is 5.75 Å². The van der Waals surface area contributed by atoms with E-state index in [0.717, 1.165) is 41.7 Å². The van der Waals surface area contributed by atoms with Crippen molar-refractivity contribution in [2.75, 3.05) is 25.0 Å². The van der Waals surface area contributed by atoms with Gasteiger partial charge in [-0.2, -0.15) is 0 Å². The maximum atomic E-state index is 11.6. The minimum atomic E-state index is -0.194. The molecule has 0 fully saturated rings. The lowest BCUT2D eigenvalue weighted by atomic mass is 10.1. The number of halogens is 1. The van der Waals surface area contributed by atoms with Crippen LogP contribution < -0.4 is 20.9 Å². The number of anilines is 1. The molecule has 1 atom stereocenters. The number of carbonyl (C=O) groups is 2. The second-order valence-electron chi connectivity index (χ2n) is 8.75. The van der Waals surface area contributed by atoms with Crippen molar-refractivity contribution in [3.63, 3.8) is 0 Å². The van der Waals surface area contributed by atoms with Gasteiger partial charge >= 0.3 is 0 Å². The standard InChI is InChI=1S/C16H24N4O3.C10H9ClN2O.C2H6/c1-4-7-20(12(3)21)9-11(2)17-8-13-5-6-14-16(18-13)19-15(22)10-23-14;1-2-6-7(11)5-12-8-3-4-9(14)13-10(6)8;1-2/h5-6,11,17H,4,7-10H2,1-3H3,(H,18,19,22);3-5H,2H2,1H3,(H,13,14);1-2H3. The highest BCUT2D eigenvalue weighted by molar-refractivity contribution is 6.32. The summed E-state index contributed by atoms with van der Waals surface area (Å²) in [5.74, 6) is 0.948. The first-order valence-corrected chi connectivity index (χ1v) is 13.7. The number of aromatic nitrogens is 3. The SMILES string of the molecule is CC.CCCN(CC(C)NCc1ccc2c(n1)NC(=O)CO2)C(C)=O.CCc1c(Cl)cnc2ccc(=O)[nH]c12. The van der Waals surface area contributed by atoms with Crippen LogP contribution in [-0.2, 0) is 22.6 Å². The van der Waals surface area contributed by atoms with Gasteiger partial charge in [-0.15, -0.1) is 0 Å². The lowest BCUT2D eigenvalue weighted by Crippen LogP contribution is -2.41. The van der Waals surface area contributed by atoms with Gasteiger partial charge in [-0.25, -0.2) is 4.98 Å². The Morgan fingerprint density at radius 3 is 2.62 bits per heavy atom. The molecule has 3 N–H and O–H groups in total. The lowest BCUT2D eigenvalue weighted by Gasteiger charge is -2.25. The van der Waals surface area contributed by atoms with Gasteiger partial charge in [0.05, 0.1) is 21.7 Å². The van der Waals surface area contributed by atoms with E-state index in [2.05, 4.69) is 32.5 Å². The average molecular weight is 559 g/mol. The van der Waals surface area contributed by atoms with Gasteiger partial charge in [-0.05, 0) is 43.5 Å². The molecule has 3 aromatic heterocycles. The largest absolute Gasteiger partial charge is 0.480 e. The molecule has 10 nitrogen and oxygen atoms in total. The number of hydrogen-bond donors (Lipinski definition) is 3. The molecule has 212 valence electrons. The summed E-state index contributed by atoms with van der Waals surface area (Å²) in [5.41, 5.74) is 3.13. The first kappa shape index (κ1) is 31.7. The van der Waals surface area contributed by atoms with Crippen LogP contribution in [0.25, 0.3) is 11.0 Å². The second kappa shape index (κ2) is 15.8. The molecular formula is C28H39ClN6O4. The van der Waals surface area contributed by atoms with E-state index < -0.39 is 0 Å². The summed E-state index contributed by atoms with van der Waals surface area (Å²) in [6.07, 6.45) is 3.33. The average Bonchev–Trinajstić information content (AvgIpc) is 2.92. The van der Waals surface area contributed by atoms with E-state index in [1.54, 1.807) is 19.2 Å². The Morgan fingerprint density at radius 1 is 1.21 bits per heavy atom. The molecular weight excluding hydrogens is 520 g/mol. The molecule has 0 saturated carbocycles. The molecule has 11 heteroatoms. The fourth-order valence-electron chi connectivity index (χ4n) is 3.90. The summed E-state index contributed by atoms with van der Waals surface area (Å²) in [4.78, 5) is 47.1. The predicted molar refractivity (Wildman–Crippen MR) is 155 cm³/mol. The molecule has 0 aromatic carbocycles. The molecule has 39 heavy (non-hydrogen) atoms. The van der Waals surface area contributed by atoms with Crippen molar-refractivity contribution in [3.8, 4) is 5.75 Å². The van der Waals surface area contributed by atoms with E-state index in [1.807, 2.05) is 44.7 Å². The van der Waals surface area contributed by atoms with Crippen LogP contribution in [0.15, 0.2) is 35.3 Å². The number of amides is 2. The third kappa shape index (κ3) is 9.33. The molecule has 0 aliphatic carbocycles. The number of H-pyrrole nitrogens is 1. The van der Waals surface area contributed by atoms with Gasteiger partial charge in [0.25, 0.3) is 5.91 Å². The third-order valence-electron chi connectivity index (χ3n) is 5.75. The topological polar surface area (TPSA) is 129 Å². The smallest absolute Gasteiger partial charge is 0.263 e. The van der Waals surface area contributed by atoms with Crippen molar-refractivity contribution < 1.29 is 14.3 Å². The van der Waals surface area contributed by atoms with Crippen LogP contribution in [0.1, 0.15) is 59.2 Å². The van der Waals surface area contributed by atoms with Gasteiger partial charge in [-0.1, -0.05) is 39.3 Å². The van der Waals surface area contributed by atoms with Crippen LogP contribution in [0.4, 0.5) is 5.82 Å². The number of pyridine rings is 3. The zero-order valence-corrected chi connectivity index (χ0v) is 24.3. The fourth-order valence-corrected chi connectivity index (χ4v) is 4.17. The van der Waals surface area contributed by atoms with Crippen molar-refractivity contribution in [2.24, 2.45) is 0 Å². The first-order valence-electron chi connectivity index (χ1n) is 13.3. The highest BCUT2D eigenvalue weighted by atomic mass is 35.5. The van der Waals surface area contributed by atoms with E-state index in [0.29, 0.717) is 29.7 Å². The van der Waals surface area contributed by atoms with Crippen molar-refractivity contribution in [2.45, 2.75) is 67.0 Å². The van der Waals surface area contributed by atoms with Crippen molar-refractivity contribution >= 4 is 40.3 Å². The molecule has 3 aromatic rings. The number of aromatic amines is 1. The Bertz CT molecular complexity index is 1310. The highest BCUT2D eigenvalue weighted by Gasteiger charge is 2.18. The normalized spacial score (nSPS) is 12.5. The number of rotatable bonds is 8. The molecule has 0 bridgehead atoms. The van der Waals surface area contributed by atoms with Crippen LogP contribution in [0.2, 0.25) is 5.02 Å². The lowest BCUT2D eigenvalue weighted by molar-refractivity contribution is -0.129. The third-order valence-corrected chi connectivity index (χ3v) is 6.08. The number of nitrogens with zero attached hydrogens (tertiary/aromatic N) is 3. The number of fused-ring (bicyclic) bond motifs is 2. The molecule has 0 spiro atoms. The zero-order valence-electron chi connectivity index (χ0n) is 23.6. The second-order valence-corrected chi connectivity index (χ2v) is 9.16. The van der Waals surface area contributed by atoms with Crippen LogP contribution in [0.3, 0.4) is 0 Å². The molecule has 4 rings (SSSR count). The van der Waals surface area contributed by atoms with Gasteiger partial charge in [0.1, 0.15) is 0 Å². The Morgan fingerprint density at radius 2 is 1.95 bits per heavy atom. The maximum Gasteiger partial charge on any atom is 0.263 e. The minimum Gasteiger partial charge on any atom is -0.480 e. The summed E-state index contributed by atoms with van der Waals surface area (Å²) in [5, 5.41) is 6.65. The fraction of sp³-hybridized carbons (Fsp3) is 0.464. The highest BCUT2D eigenvalue weighted by Crippen LogP contribution is 2.25. The quantitative estimate of drug-likeness (QED) is 0.375. The van der Waals surface area contributed by atoms with Gasteiger partial charge in [-0.3, -0.25) is 19.4 Å². The number of aryl methyl sites for hydroxylation is 1. The maximum absolute atomic E-state index is 11.6. The summed E-state index contributed by atoms with van der Waals surface area (Å²) >= 11 is 5.97.